The molecule has 4 nitrogen and oxygen atoms in total. The molecule has 0 aliphatic rings. The summed E-state index contributed by atoms with van der Waals surface area (Å²) in [6.45, 7) is 1.36. The number of nitrogens with zero attached hydrogens (tertiary/aromatic N) is 2. The molecule has 14 heavy (non-hydrogen) atoms. The first-order chi connectivity index (χ1) is 6.51. The van der Waals surface area contributed by atoms with Gasteiger partial charge in [0.2, 0.25) is 0 Å². The first kappa shape index (κ1) is 10.9. The third-order valence-corrected chi connectivity index (χ3v) is 2.14. The number of nitriles is 1. The lowest BCUT2D eigenvalue weighted by Crippen LogP contribution is -2.37. The van der Waals surface area contributed by atoms with Gasteiger partial charge in [-0.3, -0.25) is 0 Å². The number of aliphatic hydroxyl groups is 1. The average Bonchev–Trinajstić information content (AvgIpc) is 2.17. The van der Waals surface area contributed by atoms with Crippen LogP contribution < -0.4 is 5.73 Å². The van der Waals surface area contributed by atoms with Crippen molar-refractivity contribution in [3.63, 3.8) is 0 Å². The quantitative estimate of drug-likeness (QED) is 0.708. The summed E-state index contributed by atoms with van der Waals surface area (Å²) in [6.07, 6.45) is 1.41. The number of nitrogens with two attached hydrogens (primary N) is 1. The summed E-state index contributed by atoms with van der Waals surface area (Å²) in [7, 11) is 0. The second-order valence-electron chi connectivity index (χ2n) is 3.24. The van der Waals surface area contributed by atoms with Crippen LogP contribution in [0.1, 0.15) is 18.1 Å². The Morgan fingerprint density at radius 2 is 2.43 bits per heavy atom. The molecule has 0 aliphatic carbocycles. The summed E-state index contributed by atoms with van der Waals surface area (Å²) < 4.78 is 0. The minimum absolute atomic E-state index is 0.235. The Kier molecular flexibility index (Phi) is 3.06. The Balaban J connectivity index is 3.29. The molecule has 5 heteroatoms. The van der Waals surface area contributed by atoms with Crippen molar-refractivity contribution in [3.05, 3.63) is 28.5 Å². The van der Waals surface area contributed by atoms with Crippen molar-refractivity contribution >= 4 is 11.6 Å². The Morgan fingerprint density at radius 3 is 2.93 bits per heavy atom. The molecule has 0 amide bonds. The topological polar surface area (TPSA) is 82.9 Å². The zero-order valence-electron chi connectivity index (χ0n) is 7.66. The van der Waals surface area contributed by atoms with Crippen molar-refractivity contribution in [2.75, 3.05) is 6.61 Å². The summed E-state index contributed by atoms with van der Waals surface area (Å²) in [5.74, 6) is 0. The first-order valence-corrected chi connectivity index (χ1v) is 4.35. The number of pyridine rings is 1. The highest BCUT2D eigenvalue weighted by Crippen LogP contribution is 2.22. The number of rotatable bonds is 2. The largest absolute Gasteiger partial charge is 0.394 e. The van der Waals surface area contributed by atoms with Crippen molar-refractivity contribution < 1.29 is 5.11 Å². The summed E-state index contributed by atoms with van der Waals surface area (Å²) in [6, 6.07) is 3.39. The molecular weight excluding hydrogens is 202 g/mol. The zero-order valence-corrected chi connectivity index (χ0v) is 8.41. The fraction of sp³-hybridized carbons (Fsp3) is 0.333. The van der Waals surface area contributed by atoms with Crippen molar-refractivity contribution in [2.24, 2.45) is 5.73 Å². The molecule has 0 saturated carbocycles. The molecule has 0 radical (unpaired) electrons. The van der Waals surface area contributed by atoms with E-state index in [0.29, 0.717) is 11.1 Å². The smallest absolute Gasteiger partial charge is 0.130 e. The lowest BCUT2D eigenvalue weighted by molar-refractivity contribution is 0.209. The molecule has 3 N–H and O–H groups in total. The Labute approximate surface area is 86.9 Å². The van der Waals surface area contributed by atoms with Gasteiger partial charge < -0.3 is 10.8 Å². The highest BCUT2D eigenvalue weighted by atomic mass is 35.5. The van der Waals surface area contributed by atoms with Gasteiger partial charge in [0, 0.05) is 11.8 Å². The van der Waals surface area contributed by atoms with E-state index in [2.05, 4.69) is 4.98 Å². The van der Waals surface area contributed by atoms with Crippen LogP contribution in [0, 0.1) is 11.3 Å². The van der Waals surface area contributed by atoms with Crippen molar-refractivity contribution in [2.45, 2.75) is 12.5 Å². The fourth-order valence-corrected chi connectivity index (χ4v) is 1.22. The van der Waals surface area contributed by atoms with Gasteiger partial charge in [-0.15, -0.1) is 0 Å². The van der Waals surface area contributed by atoms with E-state index in [0.717, 1.165) is 0 Å². The summed E-state index contributed by atoms with van der Waals surface area (Å²) in [4.78, 5) is 3.83. The molecule has 1 aromatic heterocycles. The lowest BCUT2D eigenvalue weighted by Gasteiger charge is -2.22. The summed E-state index contributed by atoms with van der Waals surface area (Å²) >= 11 is 5.62. The molecule has 0 aliphatic heterocycles. The van der Waals surface area contributed by atoms with E-state index >= 15 is 0 Å². The Morgan fingerprint density at radius 1 is 1.79 bits per heavy atom. The third kappa shape index (κ3) is 2.02. The van der Waals surface area contributed by atoms with Crippen LogP contribution in [0.3, 0.4) is 0 Å². The van der Waals surface area contributed by atoms with Crippen LogP contribution in [-0.4, -0.2) is 16.7 Å². The van der Waals surface area contributed by atoms with E-state index in [4.69, 9.17) is 27.7 Å². The Hall–Kier alpha value is -1.15. The molecule has 74 valence electrons. The van der Waals surface area contributed by atoms with Gasteiger partial charge in [0.25, 0.3) is 0 Å². The summed E-state index contributed by atoms with van der Waals surface area (Å²) in [5.41, 5.74) is 5.64. The van der Waals surface area contributed by atoms with Crippen LogP contribution >= 0.6 is 11.6 Å². The van der Waals surface area contributed by atoms with Gasteiger partial charge in [-0.1, -0.05) is 11.6 Å². The molecular formula is C9H10ClN3O. The standard InChI is InChI=1S/C9H10ClN3O/c1-9(12,5-14)7-4-13-8(10)2-6(7)3-11/h2,4,14H,5,12H2,1H3/t9-/m1/s1. The number of hydrogen-bond acceptors (Lipinski definition) is 4. The van der Waals surface area contributed by atoms with Crippen molar-refractivity contribution in [1.29, 1.82) is 5.26 Å². The van der Waals surface area contributed by atoms with Gasteiger partial charge in [-0.25, -0.2) is 4.98 Å². The van der Waals surface area contributed by atoms with Gasteiger partial charge in [-0.05, 0) is 13.0 Å². The predicted molar refractivity (Wildman–Crippen MR) is 52.6 cm³/mol. The van der Waals surface area contributed by atoms with E-state index in [1.54, 1.807) is 6.92 Å². The van der Waals surface area contributed by atoms with E-state index in [-0.39, 0.29) is 11.8 Å². The van der Waals surface area contributed by atoms with Crippen molar-refractivity contribution in [1.82, 2.24) is 4.98 Å². The lowest BCUT2D eigenvalue weighted by atomic mass is 9.92. The van der Waals surface area contributed by atoms with Crippen LogP contribution in [0.25, 0.3) is 0 Å². The monoisotopic (exact) mass is 211 g/mol. The molecule has 1 heterocycles. The van der Waals surface area contributed by atoms with E-state index in [9.17, 15) is 0 Å². The Bertz CT molecular complexity index is 384. The maximum absolute atomic E-state index is 9.04. The van der Waals surface area contributed by atoms with E-state index in [1.807, 2.05) is 6.07 Å². The van der Waals surface area contributed by atoms with Crippen LogP contribution in [-0.2, 0) is 5.54 Å². The van der Waals surface area contributed by atoms with Crippen molar-refractivity contribution in [3.8, 4) is 6.07 Å². The van der Waals surface area contributed by atoms with Gasteiger partial charge in [0.1, 0.15) is 5.15 Å². The second-order valence-corrected chi connectivity index (χ2v) is 3.63. The first-order valence-electron chi connectivity index (χ1n) is 3.97. The molecule has 1 aromatic rings. The molecule has 1 rings (SSSR count). The highest BCUT2D eigenvalue weighted by molar-refractivity contribution is 6.29. The maximum Gasteiger partial charge on any atom is 0.130 e. The molecule has 0 fully saturated rings. The zero-order chi connectivity index (χ0) is 10.8. The van der Waals surface area contributed by atoms with Crippen LogP contribution in [0.2, 0.25) is 5.15 Å². The SMILES string of the molecule is C[C@@](N)(CO)c1cnc(Cl)cc1C#N. The van der Waals surface area contributed by atoms with Crippen LogP contribution in [0.15, 0.2) is 12.3 Å². The number of hydrogen-bond donors (Lipinski definition) is 2. The average molecular weight is 212 g/mol. The minimum atomic E-state index is -0.970. The maximum atomic E-state index is 9.04. The van der Waals surface area contributed by atoms with Crippen LogP contribution in [0.5, 0.6) is 0 Å². The number of aliphatic hydroxyl groups excluding tert-OH is 1. The molecule has 1 atom stereocenters. The second kappa shape index (κ2) is 3.93. The van der Waals surface area contributed by atoms with Gasteiger partial charge in [0.15, 0.2) is 0 Å². The van der Waals surface area contributed by atoms with Gasteiger partial charge in [-0.2, -0.15) is 5.26 Å². The molecule has 0 bridgehead atoms. The number of aromatic nitrogens is 1. The van der Waals surface area contributed by atoms with Crippen LogP contribution in [0.4, 0.5) is 0 Å². The predicted octanol–water partition coefficient (Wildman–Crippen LogP) is 0.773. The van der Waals surface area contributed by atoms with Gasteiger partial charge >= 0.3 is 0 Å². The third-order valence-electron chi connectivity index (χ3n) is 1.93. The van der Waals surface area contributed by atoms with E-state index in [1.165, 1.54) is 12.3 Å². The van der Waals surface area contributed by atoms with E-state index < -0.39 is 5.54 Å². The van der Waals surface area contributed by atoms with Gasteiger partial charge in [0.05, 0.1) is 23.8 Å². The minimum Gasteiger partial charge on any atom is -0.394 e. The molecule has 0 saturated heterocycles. The highest BCUT2D eigenvalue weighted by Gasteiger charge is 2.24. The molecule has 0 unspecified atom stereocenters. The fourth-order valence-electron chi connectivity index (χ4n) is 1.06. The normalized spacial score (nSPS) is 14.5. The molecule has 0 aromatic carbocycles. The molecule has 0 spiro atoms. The number of halogens is 1. The summed E-state index contributed by atoms with van der Waals surface area (Å²) in [5, 5.41) is 18.1.